The van der Waals surface area contributed by atoms with E-state index in [0.717, 1.165) is 0 Å². The van der Waals surface area contributed by atoms with Gasteiger partial charge in [-0.05, 0) is 58.8 Å². The van der Waals surface area contributed by atoms with Gasteiger partial charge in [-0.2, -0.15) is 0 Å². The number of hydrogen-bond acceptors (Lipinski definition) is 8. The maximum atomic E-state index is 12.8. The van der Waals surface area contributed by atoms with Crippen molar-refractivity contribution in [3.05, 3.63) is 0 Å². The molecule has 1 spiro atoms. The fourth-order valence-corrected chi connectivity index (χ4v) is 8.89. The Morgan fingerprint density at radius 1 is 1.09 bits per heavy atom. The lowest BCUT2D eigenvalue weighted by atomic mass is 9.40. The largest absolute Gasteiger partial charge is 0.466 e. The third-order valence-electron chi connectivity index (χ3n) is 10.3. The van der Waals surface area contributed by atoms with Crippen molar-refractivity contribution in [2.24, 2.45) is 28.6 Å². The molecule has 1 saturated heterocycles. The van der Waals surface area contributed by atoms with E-state index in [-0.39, 0.29) is 37.9 Å². The smallest absolute Gasteiger partial charge is 0.309 e. The van der Waals surface area contributed by atoms with Crippen LogP contribution in [0.1, 0.15) is 72.6 Å². The van der Waals surface area contributed by atoms with Crippen LogP contribution in [-0.4, -0.2) is 74.9 Å². The highest BCUT2D eigenvalue weighted by Gasteiger charge is 2.77. The van der Waals surface area contributed by atoms with Crippen LogP contribution >= 0.6 is 0 Å². The van der Waals surface area contributed by atoms with Crippen LogP contribution in [0.25, 0.3) is 0 Å². The van der Waals surface area contributed by atoms with E-state index >= 15 is 0 Å². The van der Waals surface area contributed by atoms with Gasteiger partial charge in [0.1, 0.15) is 0 Å². The van der Waals surface area contributed by atoms with Crippen molar-refractivity contribution < 1.29 is 39.4 Å². The van der Waals surface area contributed by atoms with Gasteiger partial charge in [0, 0.05) is 24.2 Å². The van der Waals surface area contributed by atoms with Crippen molar-refractivity contribution >= 4 is 5.97 Å². The summed E-state index contributed by atoms with van der Waals surface area (Å²) >= 11 is 0. The Morgan fingerprint density at radius 3 is 2.52 bits per heavy atom. The number of fused-ring (bicyclic) bond motifs is 3. The van der Waals surface area contributed by atoms with E-state index in [1.807, 2.05) is 20.8 Å². The van der Waals surface area contributed by atoms with Gasteiger partial charge in [0.15, 0.2) is 5.79 Å². The van der Waals surface area contributed by atoms with Crippen molar-refractivity contribution in [1.29, 1.82) is 0 Å². The van der Waals surface area contributed by atoms with Crippen LogP contribution in [0.15, 0.2) is 0 Å². The number of aliphatic hydroxyl groups excluding tert-OH is 2. The molecule has 0 aromatic carbocycles. The van der Waals surface area contributed by atoms with E-state index in [1.54, 1.807) is 6.92 Å². The molecule has 0 bridgehead atoms. The van der Waals surface area contributed by atoms with Crippen molar-refractivity contribution in [3.63, 3.8) is 0 Å². The van der Waals surface area contributed by atoms with Crippen molar-refractivity contribution in [1.82, 2.24) is 0 Å². The second-order valence-corrected chi connectivity index (χ2v) is 12.1. The number of rotatable bonds is 2. The van der Waals surface area contributed by atoms with Crippen molar-refractivity contribution in [2.75, 3.05) is 13.2 Å². The van der Waals surface area contributed by atoms with Gasteiger partial charge in [0.2, 0.25) is 0 Å². The first kappa shape index (κ1) is 23.9. The molecule has 4 N–H and O–H groups in total. The summed E-state index contributed by atoms with van der Waals surface area (Å²) in [5.74, 6) is -2.44. The topological polar surface area (TPSA) is 126 Å². The molecular weight excluding hydrogens is 428 g/mol. The Kier molecular flexibility index (Phi) is 5.35. The summed E-state index contributed by atoms with van der Waals surface area (Å²) in [6.45, 7) is 7.81. The van der Waals surface area contributed by atoms with Crippen molar-refractivity contribution in [3.8, 4) is 0 Å². The Bertz CT molecular complexity index is 816. The second kappa shape index (κ2) is 7.37. The van der Waals surface area contributed by atoms with Crippen molar-refractivity contribution in [2.45, 2.75) is 108 Å². The molecule has 0 radical (unpaired) electrons. The van der Waals surface area contributed by atoms with E-state index in [0.29, 0.717) is 32.1 Å². The summed E-state index contributed by atoms with van der Waals surface area (Å²) < 4.78 is 17.8. The van der Waals surface area contributed by atoms with Crippen LogP contribution in [0.4, 0.5) is 0 Å². The average Bonchev–Trinajstić information content (AvgIpc) is 2.97. The zero-order valence-corrected chi connectivity index (χ0v) is 20.2. The average molecular weight is 469 g/mol. The van der Waals surface area contributed by atoms with Crippen LogP contribution in [0.2, 0.25) is 0 Å². The molecule has 188 valence electrons. The van der Waals surface area contributed by atoms with Gasteiger partial charge in [-0.1, -0.05) is 6.92 Å². The zero-order valence-electron chi connectivity index (χ0n) is 20.2. The summed E-state index contributed by atoms with van der Waals surface area (Å²) in [7, 11) is 0. The molecule has 0 aromatic heterocycles. The number of hydrogen-bond donors (Lipinski definition) is 4. The van der Waals surface area contributed by atoms with E-state index in [1.165, 1.54) is 0 Å². The molecule has 5 aliphatic rings. The summed E-state index contributed by atoms with van der Waals surface area (Å²) in [5.41, 5.74) is -4.19. The second-order valence-electron chi connectivity index (χ2n) is 12.1. The van der Waals surface area contributed by atoms with E-state index in [9.17, 15) is 25.2 Å². The van der Waals surface area contributed by atoms with Gasteiger partial charge in [0.25, 0.3) is 0 Å². The van der Waals surface area contributed by atoms with Gasteiger partial charge in [-0.25, -0.2) is 0 Å². The number of aliphatic hydroxyl groups is 4. The van der Waals surface area contributed by atoms with Crippen LogP contribution in [0, 0.1) is 28.6 Å². The Hall–Kier alpha value is -0.770. The van der Waals surface area contributed by atoms with E-state index in [4.69, 9.17) is 14.2 Å². The number of ether oxygens (including phenoxy) is 3. The molecule has 4 saturated carbocycles. The van der Waals surface area contributed by atoms with E-state index in [2.05, 4.69) is 0 Å². The molecule has 1 aliphatic heterocycles. The predicted molar refractivity (Wildman–Crippen MR) is 117 cm³/mol. The molecule has 10 atom stereocenters. The van der Waals surface area contributed by atoms with Gasteiger partial charge >= 0.3 is 5.97 Å². The molecular formula is C25H40O8. The number of carbonyl (C=O) groups excluding carboxylic acids is 1. The summed E-state index contributed by atoms with van der Waals surface area (Å²) in [6, 6.07) is 0. The zero-order chi connectivity index (χ0) is 24.0. The molecule has 0 amide bonds. The van der Waals surface area contributed by atoms with Gasteiger partial charge < -0.3 is 34.6 Å². The molecule has 8 nitrogen and oxygen atoms in total. The fourth-order valence-electron chi connectivity index (χ4n) is 8.89. The first-order valence-electron chi connectivity index (χ1n) is 12.6. The number of carbonyl (C=O) groups is 1. The monoisotopic (exact) mass is 468 g/mol. The normalized spacial score (nSPS) is 55.0. The van der Waals surface area contributed by atoms with Crippen LogP contribution < -0.4 is 0 Å². The maximum absolute atomic E-state index is 12.8. The third-order valence-corrected chi connectivity index (χ3v) is 10.3. The minimum Gasteiger partial charge on any atom is -0.466 e. The lowest BCUT2D eigenvalue weighted by molar-refractivity contribution is -0.401. The molecule has 4 aliphatic carbocycles. The van der Waals surface area contributed by atoms with Crippen LogP contribution in [0.3, 0.4) is 0 Å². The summed E-state index contributed by atoms with van der Waals surface area (Å²) in [4.78, 5) is 12.8. The number of esters is 1. The van der Waals surface area contributed by atoms with E-state index < -0.39 is 58.0 Å². The highest BCUT2D eigenvalue weighted by molar-refractivity contribution is 5.74. The molecule has 33 heavy (non-hydrogen) atoms. The third kappa shape index (κ3) is 3.01. The van der Waals surface area contributed by atoms with Gasteiger partial charge in [-0.15, -0.1) is 0 Å². The fraction of sp³-hybridized carbons (Fsp3) is 0.960. The molecule has 5 rings (SSSR count). The maximum Gasteiger partial charge on any atom is 0.309 e. The van der Waals surface area contributed by atoms with Crippen LogP contribution in [-0.2, 0) is 19.0 Å². The molecule has 8 heteroatoms. The molecule has 5 fully saturated rings. The van der Waals surface area contributed by atoms with Gasteiger partial charge in [-0.3, -0.25) is 4.79 Å². The Morgan fingerprint density at radius 2 is 1.82 bits per heavy atom. The quantitative estimate of drug-likeness (QED) is 0.450. The molecule has 0 aromatic rings. The Balaban J connectivity index is 1.58. The first-order chi connectivity index (χ1) is 15.3. The molecule has 1 heterocycles. The highest BCUT2D eigenvalue weighted by Crippen LogP contribution is 2.71. The highest BCUT2D eigenvalue weighted by atomic mass is 16.7. The Labute approximate surface area is 195 Å². The molecule has 0 unspecified atom stereocenters. The lowest BCUT2D eigenvalue weighted by Gasteiger charge is -2.70. The lowest BCUT2D eigenvalue weighted by Crippen LogP contribution is -2.78. The first-order valence-corrected chi connectivity index (χ1v) is 12.6. The summed E-state index contributed by atoms with van der Waals surface area (Å²) in [5, 5.41) is 46.6. The minimum absolute atomic E-state index is 0.195. The van der Waals surface area contributed by atoms with Crippen LogP contribution in [0.5, 0.6) is 0 Å². The SMILES string of the molecule is CCOC(=O)[C@H]1CC[C@@]2(O)[C@@H]3CC[C@@]4(O)C[C@@H](O)C[C@@H]5OC(C)(C)OC[C@]54[C@H]3[C@H](O)C[C@]12C. The standard InChI is InChI=1S/C25H40O8/c1-5-31-20(28)16-7-9-25(30)15-6-8-23(29)11-14(26)10-18-24(23,13-32-21(2,3)33-18)19(15)17(27)12-22(16,25)4/h14-19,26-27,29-30H,5-13H2,1-4H3/t14-,15+,16+,17+,18-,19+,22+,23+,24+,25+/m0/s1. The minimum atomic E-state index is -1.27. The summed E-state index contributed by atoms with van der Waals surface area (Å²) in [6.07, 6.45) is 0.587. The van der Waals surface area contributed by atoms with Gasteiger partial charge in [0.05, 0.1) is 54.1 Å². The predicted octanol–water partition coefficient (Wildman–Crippen LogP) is 1.51.